The van der Waals surface area contributed by atoms with E-state index < -0.39 is 18.3 Å². The van der Waals surface area contributed by atoms with Gasteiger partial charge in [0.15, 0.2) is 0 Å². The number of hydrogen-bond donors (Lipinski definition) is 2. The lowest BCUT2D eigenvalue weighted by molar-refractivity contribution is -0.0982. The van der Waals surface area contributed by atoms with E-state index in [2.05, 4.69) is 4.90 Å². The molecule has 4 nitrogen and oxygen atoms in total. The number of hydrogen-bond acceptors (Lipinski definition) is 4. The van der Waals surface area contributed by atoms with Crippen molar-refractivity contribution in [1.82, 2.24) is 4.90 Å². The van der Waals surface area contributed by atoms with Crippen molar-refractivity contribution < 1.29 is 14.8 Å². The highest BCUT2D eigenvalue weighted by molar-refractivity contribution is 6.60. The zero-order valence-corrected chi connectivity index (χ0v) is 13.3. The Balaban J connectivity index is 2.85. The molecule has 0 radical (unpaired) electrons. The Bertz CT molecular complexity index is 441. The molecule has 0 unspecified atom stereocenters. The van der Waals surface area contributed by atoms with Crippen LogP contribution in [0.3, 0.4) is 0 Å². The number of rotatable bonds is 6. The molecule has 0 saturated heterocycles. The van der Waals surface area contributed by atoms with Gasteiger partial charge in [0, 0.05) is 6.54 Å². The van der Waals surface area contributed by atoms with Crippen LogP contribution in [0.25, 0.3) is 0 Å². The van der Waals surface area contributed by atoms with Crippen molar-refractivity contribution >= 4 is 12.6 Å². The molecule has 0 aliphatic carbocycles. The van der Waals surface area contributed by atoms with E-state index in [1.165, 1.54) is 0 Å². The molecule has 0 aliphatic heterocycles. The van der Waals surface area contributed by atoms with Crippen LogP contribution in [0.5, 0.6) is 0 Å². The van der Waals surface area contributed by atoms with Crippen LogP contribution in [-0.2, 0) is 11.2 Å². The fourth-order valence-corrected chi connectivity index (χ4v) is 1.70. The first-order chi connectivity index (χ1) is 9.03. The normalized spacial score (nSPS) is 12.8. The molecule has 0 amide bonds. The maximum absolute atomic E-state index is 10.2. The SMILES string of the molecule is CN(C)Cc1cccc(B(O)OC(C)(C)C(C)(C)O)c1. The van der Waals surface area contributed by atoms with Gasteiger partial charge >= 0.3 is 7.12 Å². The van der Waals surface area contributed by atoms with Gasteiger partial charge in [-0.15, -0.1) is 0 Å². The predicted octanol–water partition coefficient (Wildman–Crippen LogP) is 1.00. The summed E-state index contributed by atoms with van der Waals surface area (Å²) in [6, 6.07) is 7.66. The minimum absolute atomic E-state index is 0.696. The monoisotopic (exact) mass is 279 g/mol. The zero-order chi connectivity index (χ0) is 15.6. The van der Waals surface area contributed by atoms with E-state index in [1.807, 2.05) is 38.4 Å². The van der Waals surface area contributed by atoms with Gasteiger partial charge in [-0.05, 0) is 52.8 Å². The lowest BCUT2D eigenvalue weighted by atomic mass is 9.76. The van der Waals surface area contributed by atoms with Crippen LogP contribution < -0.4 is 5.46 Å². The standard InChI is InChI=1S/C15H26BNO3/c1-14(2,18)15(3,4)20-16(19)13-9-7-8-12(10-13)11-17(5)6/h7-10,18-19H,11H2,1-6H3. The maximum atomic E-state index is 10.2. The predicted molar refractivity (Wildman–Crippen MR) is 82.9 cm³/mol. The van der Waals surface area contributed by atoms with Gasteiger partial charge in [-0.25, -0.2) is 0 Å². The molecule has 1 rings (SSSR count). The quantitative estimate of drug-likeness (QED) is 0.763. The summed E-state index contributed by atoms with van der Waals surface area (Å²) in [5.74, 6) is 0. The highest BCUT2D eigenvalue weighted by Gasteiger charge is 2.39. The molecule has 0 fully saturated rings. The second-order valence-corrected chi connectivity index (χ2v) is 6.52. The third-order valence-corrected chi connectivity index (χ3v) is 3.61. The van der Waals surface area contributed by atoms with Crippen LogP contribution in [0, 0.1) is 0 Å². The fraction of sp³-hybridized carbons (Fsp3) is 0.600. The molecule has 0 aromatic heterocycles. The highest BCUT2D eigenvalue weighted by atomic mass is 16.5. The molecule has 0 spiro atoms. The summed E-state index contributed by atoms with van der Waals surface area (Å²) < 4.78 is 5.64. The topological polar surface area (TPSA) is 52.9 Å². The van der Waals surface area contributed by atoms with E-state index in [4.69, 9.17) is 4.65 Å². The summed E-state index contributed by atoms with van der Waals surface area (Å²) in [7, 11) is 2.94. The van der Waals surface area contributed by atoms with Crippen LogP contribution in [0.15, 0.2) is 24.3 Å². The largest absolute Gasteiger partial charge is 0.491 e. The van der Waals surface area contributed by atoms with Gasteiger partial charge < -0.3 is 19.7 Å². The third kappa shape index (κ3) is 4.60. The van der Waals surface area contributed by atoms with Gasteiger partial charge in [0.1, 0.15) is 0 Å². The second-order valence-electron chi connectivity index (χ2n) is 6.52. The number of benzene rings is 1. The van der Waals surface area contributed by atoms with Crippen LogP contribution in [0.4, 0.5) is 0 Å². The molecule has 1 aromatic rings. The first-order valence-electron chi connectivity index (χ1n) is 6.85. The average Bonchev–Trinajstić information content (AvgIpc) is 2.26. The van der Waals surface area contributed by atoms with E-state index in [0.717, 1.165) is 12.1 Å². The Hall–Kier alpha value is -0.875. The van der Waals surface area contributed by atoms with Gasteiger partial charge in [-0.1, -0.05) is 24.3 Å². The first kappa shape index (κ1) is 17.2. The van der Waals surface area contributed by atoms with E-state index in [1.54, 1.807) is 27.7 Å². The fourth-order valence-electron chi connectivity index (χ4n) is 1.70. The lowest BCUT2D eigenvalue weighted by Gasteiger charge is -2.38. The van der Waals surface area contributed by atoms with Crippen molar-refractivity contribution in [3.05, 3.63) is 29.8 Å². The van der Waals surface area contributed by atoms with E-state index in [9.17, 15) is 10.1 Å². The zero-order valence-electron chi connectivity index (χ0n) is 13.3. The van der Waals surface area contributed by atoms with Crippen LogP contribution in [0.1, 0.15) is 33.3 Å². The Morgan fingerprint density at radius 3 is 2.30 bits per heavy atom. The number of nitrogens with zero attached hydrogens (tertiary/aromatic N) is 1. The Morgan fingerprint density at radius 1 is 1.20 bits per heavy atom. The molecule has 0 heterocycles. The minimum Gasteiger partial charge on any atom is -0.423 e. The molecule has 112 valence electrons. The summed E-state index contributed by atoms with van der Waals surface area (Å²) >= 11 is 0. The molecule has 20 heavy (non-hydrogen) atoms. The smallest absolute Gasteiger partial charge is 0.423 e. The summed E-state index contributed by atoms with van der Waals surface area (Å²) in [5.41, 5.74) is -0.1000. The van der Waals surface area contributed by atoms with E-state index in [0.29, 0.717) is 5.46 Å². The summed E-state index contributed by atoms with van der Waals surface area (Å²) in [6.07, 6.45) is 0. The molecule has 1 aromatic carbocycles. The average molecular weight is 279 g/mol. The van der Waals surface area contributed by atoms with Gasteiger partial charge in [-0.2, -0.15) is 0 Å². The lowest BCUT2D eigenvalue weighted by Crippen LogP contribution is -2.53. The summed E-state index contributed by atoms with van der Waals surface area (Å²) in [5, 5.41) is 20.3. The van der Waals surface area contributed by atoms with Crippen molar-refractivity contribution in [2.45, 2.75) is 45.4 Å². The Morgan fingerprint density at radius 2 is 1.80 bits per heavy atom. The molecule has 5 heteroatoms. The highest BCUT2D eigenvalue weighted by Crippen LogP contribution is 2.25. The van der Waals surface area contributed by atoms with Crippen molar-refractivity contribution in [3.63, 3.8) is 0 Å². The van der Waals surface area contributed by atoms with Crippen LogP contribution in [-0.4, -0.2) is 47.4 Å². The third-order valence-electron chi connectivity index (χ3n) is 3.61. The molecule has 0 bridgehead atoms. The van der Waals surface area contributed by atoms with E-state index in [-0.39, 0.29) is 0 Å². The van der Waals surface area contributed by atoms with Crippen LogP contribution >= 0.6 is 0 Å². The Kier molecular flexibility index (Phi) is 5.38. The molecular formula is C15H26BNO3. The number of aliphatic hydroxyl groups is 1. The van der Waals surface area contributed by atoms with Crippen molar-refractivity contribution in [1.29, 1.82) is 0 Å². The van der Waals surface area contributed by atoms with Gasteiger partial charge in [0.25, 0.3) is 0 Å². The van der Waals surface area contributed by atoms with Crippen LogP contribution in [0.2, 0.25) is 0 Å². The van der Waals surface area contributed by atoms with E-state index >= 15 is 0 Å². The first-order valence-corrected chi connectivity index (χ1v) is 6.85. The Labute approximate surface area is 122 Å². The molecule has 2 N–H and O–H groups in total. The molecular weight excluding hydrogens is 253 g/mol. The molecule has 0 saturated carbocycles. The minimum atomic E-state index is -1.06. The summed E-state index contributed by atoms with van der Waals surface area (Å²) in [4.78, 5) is 2.06. The summed E-state index contributed by atoms with van der Waals surface area (Å²) in [6.45, 7) is 7.67. The second kappa shape index (κ2) is 6.27. The maximum Gasteiger partial charge on any atom is 0.491 e. The molecule has 0 aliphatic rings. The molecule has 0 atom stereocenters. The van der Waals surface area contributed by atoms with Gasteiger partial charge in [-0.3, -0.25) is 0 Å². The van der Waals surface area contributed by atoms with Gasteiger partial charge in [0.05, 0.1) is 11.2 Å². The van der Waals surface area contributed by atoms with Crippen molar-refractivity contribution in [3.8, 4) is 0 Å². The van der Waals surface area contributed by atoms with Crippen molar-refractivity contribution in [2.75, 3.05) is 14.1 Å². The van der Waals surface area contributed by atoms with Gasteiger partial charge in [0.2, 0.25) is 0 Å². The van der Waals surface area contributed by atoms with Crippen molar-refractivity contribution in [2.24, 2.45) is 0 Å².